The molecule has 0 atom stereocenters. The summed E-state index contributed by atoms with van der Waals surface area (Å²) in [6.07, 6.45) is 0. The number of hydrogen-bond acceptors (Lipinski definition) is 5. The second-order valence-corrected chi connectivity index (χ2v) is 5.72. The highest BCUT2D eigenvalue weighted by Gasteiger charge is 2.51. The summed E-state index contributed by atoms with van der Waals surface area (Å²) in [5.41, 5.74) is 0.0976. The van der Waals surface area contributed by atoms with Gasteiger partial charge in [-0.2, -0.15) is 0 Å². The summed E-state index contributed by atoms with van der Waals surface area (Å²) in [5.74, 6) is -0.497. The van der Waals surface area contributed by atoms with Gasteiger partial charge in [-0.25, -0.2) is 9.02 Å². The van der Waals surface area contributed by atoms with Crippen LogP contribution in [-0.4, -0.2) is 28.6 Å². The fraction of sp³-hybridized carbons (Fsp3) is 0.571. The van der Waals surface area contributed by atoms with Crippen LogP contribution in [0, 0.1) is 5.82 Å². The normalized spacial score (nSPS) is 19.5. The molecule has 1 aliphatic heterocycles. The zero-order chi connectivity index (χ0) is 15.8. The first-order chi connectivity index (χ1) is 9.80. The lowest BCUT2D eigenvalue weighted by Crippen LogP contribution is -2.41. The molecule has 2 aromatic rings. The lowest BCUT2D eigenvalue weighted by atomic mass is 9.79. The van der Waals surface area contributed by atoms with Crippen LogP contribution in [0.5, 0.6) is 0 Å². The van der Waals surface area contributed by atoms with E-state index in [0.717, 1.165) is 0 Å². The van der Waals surface area contributed by atoms with Crippen molar-refractivity contribution in [3.05, 3.63) is 17.9 Å². The first-order valence-electron chi connectivity index (χ1n) is 7.07. The molecule has 0 N–H and O–H groups in total. The highest BCUT2D eigenvalue weighted by Crippen LogP contribution is 2.36. The second kappa shape index (κ2) is 5.38. The van der Waals surface area contributed by atoms with Gasteiger partial charge in [-0.1, -0.05) is 13.8 Å². The third kappa shape index (κ3) is 2.67. The maximum absolute atomic E-state index is 13.8. The molecule has 0 saturated carbocycles. The Labute approximate surface area is 123 Å². The standard InChI is InChI=1S/C12H14BFN2O3.C2H6/c1-11(2)12(3,4)18-13(17-11)7-5-8(14)10-9(6-7)15-19-16-10;1-2/h5-6H,1-4H3;1-2H3. The summed E-state index contributed by atoms with van der Waals surface area (Å²) in [7, 11) is -0.624. The van der Waals surface area contributed by atoms with Gasteiger partial charge in [-0.3, -0.25) is 0 Å². The van der Waals surface area contributed by atoms with Crippen LogP contribution in [0.3, 0.4) is 0 Å². The lowest BCUT2D eigenvalue weighted by molar-refractivity contribution is 0.00578. The number of halogens is 1. The number of benzene rings is 1. The van der Waals surface area contributed by atoms with E-state index in [1.807, 2.05) is 41.5 Å². The molecular weight excluding hydrogens is 274 g/mol. The number of hydrogen-bond donors (Lipinski definition) is 0. The van der Waals surface area contributed by atoms with Crippen LogP contribution < -0.4 is 5.46 Å². The first kappa shape index (κ1) is 15.9. The predicted molar refractivity (Wildman–Crippen MR) is 78.8 cm³/mol. The fourth-order valence-corrected chi connectivity index (χ4v) is 1.99. The van der Waals surface area contributed by atoms with Crippen molar-refractivity contribution < 1.29 is 18.3 Å². The molecule has 21 heavy (non-hydrogen) atoms. The third-order valence-electron chi connectivity index (χ3n) is 3.86. The lowest BCUT2D eigenvalue weighted by Gasteiger charge is -2.32. The Balaban J connectivity index is 0.000000774. The zero-order valence-electron chi connectivity index (χ0n) is 13.2. The van der Waals surface area contributed by atoms with Gasteiger partial charge in [0, 0.05) is 0 Å². The van der Waals surface area contributed by atoms with Crippen molar-refractivity contribution in [1.29, 1.82) is 0 Å². The van der Waals surface area contributed by atoms with Gasteiger partial charge in [0.25, 0.3) is 0 Å². The highest BCUT2D eigenvalue weighted by molar-refractivity contribution is 6.62. The molecule has 0 radical (unpaired) electrons. The second-order valence-electron chi connectivity index (χ2n) is 5.72. The summed E-state index contributed by atoms with van der Waals surface area (Å²) < 4.78 is 30.1. The van der Waals surface area contributed by atoms with Gasteiger partial charge in [-0.05, 0) is 55.6 Å². The van der Waals surface area contributed by atoms with Crippen molar-refractivity contribution in [3.63, 3.8) is 0 Å². The smallest absolute Gasteiger partial charge is 0.399 e. The number of fused-ring (bicyclic) bond motifs is 1. The van der Waals surface area contributed by atoms with Crippen LogP contribution in [0.1, 0.15) is 41.5 Å². The monoisotopic (exact) mass is 294 g/mol. The van der Waals surface area contributed by atoms with Crippen molar-refractivity contribution >= 4 is 23.6 Å². The molecule has 3 rings (SSSR count). The summed E-state index contributed by atoms with van der Waals surface area (Å²) in [4.78, 5) is 0. The van der Waals surface area contributed by atoms with Crippen LogP contribution in [0.25, 0.3) is 11.0 Å². The first-order valence-corrected chi connectivity index (χ1v) is 7.07. The molecule has 0 unspecified atom stereocenters. The largest absolute Gasteiger partial charge is 0.495 e. The van der Waals surface area contributed by atoms with Crippen molar-refractivity contribution in [2.45, 2.75) is 52.7 Å². The van der Waals surface area contributed by atoms with Gasteiger partial charge in [0.15, 0.2) is 11.3 Å². The molecule has 114 valence electrons. The molecule has 1 fully saturated rings. The number of rotatable bonds is 1. The van der Waals surface area contributed by atoms with Crippen LogP contribution >= 0.6 is 0 Å². The quantitative estimate of drug-likeness (QED) is 0.757. The van der Waals surface area contributed by atoms with Gasteiger partial charge < -0.3 is 9.31 Å². The molecule has 7 heteroatoms. The van der Waals surface area contributed by atoms with Gasteiger partial charge in [-0.15, -0.1) is 0 Å². The molecule has 2 heterocycles. The molecule has 1 aliphatic rings. The van der Waals surface area contributed by atoms with Crippen LogP contribution in [0.15, 0.2) is 16.8 Å². The molecule has 5 nitrogen and oxygen atoms in total. The van der Waals surface area contributed by atoms with E-state index in [-0.39, 0.29) is 5.52 Å². The molecule has 0 spiro atoms. The van der Waals surface area contributed by atoms with E-state index in [1.165, 1.54) is 6.07 Å². The maximum atomic E-state index is 13.8. The van der Waals surface area contributed by atoms with Crippen LogP contribution in [0.4, 0.5) is 4.39 Å². The number of aromatic nitrogens is 2. The van der Waals surface area contributed by atoms with Crippen LogP contribution in [-0.2, 0) is 9.31 Å². The topological polar surface area (TPSA) is 57.4 Å². The van der Waals surface area contributed by atoms with E-state index in [2.05, 4.69) is 14.9 Å². The van der Waals surface area contributed by atoms with Gasteiger partial charge in [0.1, 0.15) is 5.52 Å². The molecule has 1 saturated heterocycles. The van der Waals surface area contributed by atoms with E-state index in [4.69, 9.17) is 9.31 Å². The molecular formula is C14H20BFN2O3. The fourth-order valence-electron chi connectivity index (χ4n) is 1.99. The van der Waals surface area contributed by atoms with E-state index in [1.54, 1.807) is 6.07 Å². The van der Waals surface area contributed by atoms with E-state index in [0.29, 0.717) is 11.0 Å². The Morgan fingerprint density at radius 1 is 1.00 bits per heavy atom. The van der Waals surface area contributed by atoms with E-state index in [9.17, 15) is 4.39 Å². The van der Waals surface area contributed by atoms with Crippen molar-refractivity contribution in [2.24, 2.45) is 0 Å². The minimum Gasteiger partial charge on any atom is -0.399 e. The van der Waals surface area contributed by atoms with Crippen molar-refractivity contribution in [1.82, 2.24) is 10.3 Å². The highest BCUT2D eigenvalue weighted by atomic mass is 19.1. The van der Waals surface area contributed by atoms with Crippen molar-refractivity contribution in [3.8, 4) is 0 Å². The average molecular weight is 294 g/mol. The molecule has 0 aliphatic carbocycles. The minimum atomic E-state index is -0.624. The molecule has 0 bridgehead atoms. The Morgan fingerprint density at radius 2 is 1.57 bits per heavy atom. The molecule has 0 amide bonds. The van der Waals surface area contributed by atoms with Gasteiger partial charge >= 0.3 is 7.12 Å². The average Bonchev–Trinajstić information content (AvgIpc) is 2.95. The molecule has 1 aromatic carbocycles. The Hall–Kier alpha value is -1.47. The van der Waals surface area contributed by atoms with Crippen LogP contribution in [0.2, 0.25) is 0 Å². The third-order valence-corrected chi connectivity index (χ3v) is 3.86. The summed E-state index contributed by atoms with van der Waals surface area (Å²) in [6.45, 7) is 11.8. The zero-order valence-corrected chi connectivity index (χ0v) is 13.2. The van der Waals surface area contributed by atoms with Gasteiger partial charge in [0.05, 0.1) is 11.2 Å². The summed E-state index contributed by atoms with van der Waals surface area (Å²) in [6, 6.07) is 3.01. The minimum absolute atomic E-state index is 0.111. The Kier molecular flexibility index (Phi) is 4.08. The SMILES string of the molecule is CC.CC1(C)OB(c2cc(F)c3nonc3c2)OC1(C)C. The maximum Gasteiger partial charge on any atom is 0.495 e. The molecule has 1 aromatic heterocycles. The number of nitrogens with zero attached hydrogens (tertiary/aromatic N) is 2. The van der Waals surface area contributed by atoms with E-state index >= 15 is 0 Å². The summed E-state index contributed by atoms with van der Waals surface area (Å²) >= 11 is 0. The van der Waals surface area contributed by atoms with Gasteiger partial charge in [0.2, 0.25) is 0 Å². The predicted octanol–water partition coefficient (Wildman–Crippen LogP) is 2.69. The summed E-state index contributed by atoms with van der Waals surface area (Å²) in [5, 5.41) is 7.15. The Morgan fingerprint density at radius 3 is 2.14 bits per heavy atom. The Bertz CT molecular complexity index is 626. The van der Waals surface area contributed by atoms with Crippen molar-refractivity contribution in [2.75, 3.05) is 0 Å². The van der Waals surface area contributed by atoms with E-state index < -0.39 is 24.1 Å².